The molecular weight excluding hydrogens is 220 g/mol. The highest BCUT2D eigenvalue weighted by molar-refractivity contribution is 5.91. The fourth-order valence-corrected chi connectivity index (χ4v) is 1.19. The molecule has 1 rings (SSSR count). The van der Waals surface area contributed by atoms with Crippen molar-refractivity contribution in [3.8, 4) is 5.75 Å². The Morgan fingerprint density at radius 1 is 1.62 bits per heavy atom. The third-order valence-electron chi connectivity index (χ3n) is 2.04. The lowest BCUT2D eigenvalue weighted by Gasteiger charge is -2.09. The van der Waals surface area contributed by atoms with Crippen molar-refractivity contribution in [1.82, 2.24) is 4.98 Å². The van der Waals surface area contributed by atoms with Crippen LogP contribution in [0.2, 0.25) is 0 Å². The molecule has 0 aliphatic rings. The van der Waals surface area contributed by atoms with E-state index < -0.39 is 23.8 Å². The van der Waals surface area contributed by atoms with Gasteiger partial charge in [0.25, 0.3) is 6.43 Å². The Balaban J connectivity index is 3.16. The average molecular weight is 231 g/mol. The number of hydrogen-bond donors (Lipinski definition) is 1. The number of rotatable bonds is 3. The van der Waals surface area contributed by atoms with Crippen LogP contribution in [0, 0.1) is 6.92 Å². The van der Waals surface area contributed by atoms with Gasteiger partial charge in [-0.3, -0.25) is 4.98 Å². The molecule has 0 unspecified atom stereocenters. The first-order valence-electron chi connectivity index (χ1n) is 4.62. The summed E-state index contributed by atoms with van der Waals surface area (Å²) in [5, 5.41) is 9.42. The minimum absolute atomic E-state index is 0.0104. The number of carbonyl (C=O) groups excluding carboxylic acids is 1. The Morgan fingerprint density at radius 3 is 2.75 bits per heavy atom. The number of ether oxygens (including phenoxy) is 1. The predicted molar refractivity (Wildman–Crippen MR) is 51.6 cm³/mol. The van der Waals surface area contributed by atoms with E-state index in [2.05, 4.69) is 9.72 Å². The SMILES string of the molecule is CCOC(=O)c1cnc(C(F)F)c(O)c1C. The molecule has 88 valence electrons. The summed E-state index contributed by atoms with van der Waals surface area (Å²) in [6.07, 6.45) is -1.90. The molecule has 16 heavy (non-hydrogen) atoms. The summed E-state index contributed by atoms with van der Waals surface area (Å²) < 4.78 is 29.4. The number of alkyl halides is 2. The van der Waals surface area contributed by atoms with Crippen molar-refractivity contribution in [3.05, 3.63) is 23.0 Å². The minimum atomic E-state index is -2.88. The second kappa shape index (κ2) is 4.87. The molecule has 6 heteroatoms. The van der Waals surface area contributed by atoms with Crippen LogP contribution in [0.5, 0.6) is 5.75 Å². The Kier molecular flexibility index (Phi) is 3.76. The quantitative estimate of drug-likeness (QED) is 0.810. The molecule has 0 radical (unpaired) electrons. The predicted octanol–water partition coefficient (Wildman–Crippen LogP) is 2.21. The van der Waals surface area contributed by atoms with Gasteiger partial charge in [-0.2, -0.15) is 0 Å². The topological polar surface area (TPSA) is 59.4 Å². The van der Waals surface area contributed by atoms with Crippen LogP contribution < -0.4 is 0 Å². The fraction of sp³-hybridized carbons (Fsp3) is 0.400. The van der Waals surface area contributed by atoms with Gasteiger partial charge in [0.05, 0.1) is 12.2 Å². The van der Waals surface area contributed by atoms with Gasteiger partial charge in [-0.15, -0.1) is 0 Å². The zero-order valence-corrected chi connectivity index (χ0v) is 8.83. The van der Waals surface area contributed by atoms with Crippen molar-refractivity contribution in [3.63, 3.8) is 0 Å². The number of hydrogen-bond acceptors (Lipinski definition) is 4. The molecule has 1 aromatic rings. The van der Waals surface area contributed by atoms with Crippen molar-refractivity contribution in [2.75, 3.05) is 6.61 Å². The lowest BCUT2D eigenvalue weighted by Crippen LogP contribution is -2.08. The largest absolute Gasteiger partial charge is 0.506 e. The number of carbonyl (C=O) groups is 1. The molecule has 0 atom stereocenters. The summed E-state index contributed by atoms with van der Waals surface area (Å²) >= 11 is 0. The highest BCUT2D eigenvalue weighted by Gasteiger charge is 2.21. The minimum Gasteiger partial charge on any atom is -0.506 e. The van der Waals surface area contributed by atoms with Crippen LogP contribution in [0.25, 0.3) is 0 Å². The van der Waals surface area contributed by atoms with Gasteiger partial charge in [0.2, 0.25) is 0 Å². The smallest absolute Gasteiger partial charge is 0.340 e. The zero-order chi connectivity index (χ0) is 12.3. The average Bonchev–Trinajstić information content (AvgIpc) is 2.21. The van der Waals surface area contributed by atoms with Gasteiger partial charge in [0.1, 0.15) is 11.4 Å². The normalized spacial score (nSPS) is 10.6. The molecule has 4 nitrogen and oxygen atoms in total. The van der Waals surface area contributed by atoms with Crippen LogP contribution in [0.15, 0.2) is 6.20 Å². The summed E-state index contributed by atoms with van der Waals surface area (Å²) in [6, 6.07) is 0. The molecule has 1 N–H and O–H groups in total. The highest BCUT2D eigenvalue weighted by atomic mass is 19.3. The van der Waals surface area contributed by atoms with Crippen LogP contribution in [-0.4, -0.2) is 22.7 Å². The maximum Gasteiger partial charge on any atom is 0.340 e. The molecule has 0 amide bonds. The van der Waals surface area contributed by atoms with Gasteiger partial charge in [-0.25, -0.2) is 13.6 Å². The molecule has 0 fully saturated rings. The molecule has 1 aromatic heterocycles. The Labute approximate surface area is 90.9 Å². The molecule has 0 saturated heterocycles. The van der Waals surface area contributed by atoms with Crippen molar-refractivity contribution in [2.24, 2.45) is 0 Å². The number of aromatic hydroxyl groups is 1. The van der Waals surface area contributed by atoms with Crippen molar-refractivity contribution in [1.29, 1.82) is 0 Å². The number of nitrogens with zero attached hydrogens (tertiary/aromatic N) is 1. The lowest BCUT2D eigenvalue weighted by molar-refractivity contribution is 0.0523. The summed E-state index contributed by atoms with van der Waals surface area (Å²) in [7, 11) is 0. The zero-order valence-electron chi connectivity index (χ0n) is 8.83. The van der Waals surface area contributed by atoms with Crippen LogP contribution in [0.3, 0.4) is 0 Å². The van der Waals surface area contributed by atoms with Gasteiger partial charge >= 0.3 is 5.97 Å². The van der Waals surface area contributed by atoms with Crippen LogP contribution in [-0.2, 0) is 4.74 Å². The van der Waals surface area contributed by atoms with E-state index in [-0.39, 0.29) is 17.7 Å². The Bertz CT molecular complexity index is 407. The second-order valence-corrected chi connectivity index (χ2v) is 3.05. The van der Waals surface area contributed by atoms with Crippen molar-refractivity contribution in [2.45, 2.75) is 20.3 Å². The van der Waals surface area contributed by atoms with E-state index in [4.69, 9.17) is 0 Å². The molecule has 0 spiro atoms. The first kappa shape index (κ1) is 12.4. The maximum atomic E-state index is 12.4. The van der Waals surface area contributed by atoms with Crippen LogP contribution in [0.1, 0.15) is 35.0 Å². The number of esters is 1. The molecule has 0 aliphatic carbocycles. The monoisotopic (exact) mass is 231 g/mol. The van der Waals surface area contributed by atoms with Gasteiger partial charge < -0.3 is 9.84 Å². The second-order valence-electron chi connectivity index (χ2n) is 3.05. The van der Waals surface area contributed by atoms with E-state index in [9.17, 15) is 18.7 Å². The summed E-state index contributed by atoms with van der Waals surface area (Å²) in [4.78, 5) is 14.7. The van der Waals surface area contributed by atoms with E-state index in [1.54, 1.807) is 6.92 Å². The van der Waals surface area contributed by atoms with Crippen LogP contribution >= 0.6 is 0 Å². The Morgan fingerprint density at radius 2 is 2.25 bits per heavy atom. The third kappa shape index (κ3) is 2.26. The van der Waals surface area contributed by atoms with Gasteiger partial charge in [0, 0.05) is 11.8 Å². The molecule has 0 bridgehead atoms. The van der Waals surface area contributed by atoms with Crippen molar-refractivity contribution >= 4 is 5.97 Å². The van der Waals surface area contributed by atoms with E-state index >= 15 is 0 Å². The van der Waals surface area contributed by atoms with Gasteiger partial charge in [-0.1, -0.05) is 0 Å². The van der Waals surface area contributed by atoms with Crippen LogP contribution in [0.4, 0.5) is 8.78 Å². The van der Waals surface area contributed by atoms with E-state index in [1.165, 1.54) is 6.92 Å². The standard InChI is InChI=1S/C10H11F2NO3/c1-3-16-10(15)6-4-13-7(9(11)12)8(14)5(6)2/h4,9,14H,3H2,1-2H3. The van der Waals surface area contributed by atoms with E-state index in [0.717, 1.165) is 6.20 Å². The van der Waals surface area contributed by atoms with Crippen molar-refractivity contribution < 1.29 is 23.4 Å². The molecular formula is C10H11F2NO3. The number of pyridine rings is 1. The summed E-state index contributed by atoms with van der Waals surface area (Å²) in [6.45, 7) is 3.14. The number of halogens is 2. The summed E-state index contributed by atoms with van der Waals surface area (Å²) in [5.41, 5.74) is -0.696. The molecule has 1 heterocycles. The fourth-order valence-electron chi connectivity index (χ4n) is 1.19. The third-order valence-corrected chi connectivity index (χ3v) is 2.04. The number of aromatic nitrogens is 1. The van der Waals surface area contributed by atoms with E-state index in [0.29, 0.717) is 0 Å². The highest BCUT2D eigenvalue weighted by Crippen LogP contribution is 2.30. The van der Waals surface area contributed by atoms with Gasteiger partial charge in [0.15, 0.2) is 0 Å². The first-order chi connectivity index (χ1) is 7.49. The first-order valence-corrected chi connectivity index (χ1v) is 4.62. The maximum absolute atomic E-state index is 12.4. The van der Waals surface area contributed by atoms with E-state index in [1.807, 2.05) is 0 Å². The Hall–Kier alpha value is -1.72. The van der Waals surface area contributed by atoms with Gasteiger partial charge in [-0.05, 0) is 13.8 Å². The molecule has 0 aliphatic heterocycles. The molecule has 0 aromatic carbocycles. The summed E-state index contributed by atoms with van der Waals surface area (Å²) in [5.74, 6) is -1.36. The lowest BCUT2D eigenvalue weighted by atomic mass is 10.1. The molecule has 0 saturated carbocycles.